The van der Waals surface area contributed by atoms with Gasteiger partial charge in [-0.3, -0.25) is 4.90 Å². The van der Waals surface area contributed by atoms with Crippen molar-refractivity contribution in [3.8, 4) is 6.07 Å². The van der Waals surface area contributed by atoms with Crippen LogP contribution in [0, 0.1) is 11.3 Å². The quantitative estimate of drug-likeness (QED) is 0.882. The molecule has 0 spiro atoms. The van der Waals surface area contributed by atoms with Gasteiger partial charge < -0.3 is 10.5 Å². The summed E-state index contributed by atoms with van der Waals surface area (Å²) in [5, 5.41) is 9.79. The second-order valence-corrected chi connectivity index (χ2v) is 7.06. The Bertz CT molecular complexity index is 997. The zero-order chi connectivity index (χ0) is 19.5. The Balaban J connectivity index is 1.87. The standard InChI is InChI=1S/C24H23N3O/c1-2-27-15-19(17-9-5-3-6-10-17)13-22-21(16-27)23(18-11-7-4-8-12-18)20(14-25)24(26)28-22/h3-13,23H,2,15-16,26H2,1H3. The zero-order valence-electron chi connectivity index (χ0n) is 15.9. The van der Waals surface area contributed by atoms with Gasteiger partial charge in [0.1, 0.15) is 17.4 Å². The van der Waals surface area contributed by atoms with Crippen LogP contribution in [0.5, 0.6) is 0 Å². The minimum atomic E-state index is -0.185. The minimum absolute atomic E-state index is 0.185. The monoisotopic (exact) mass is 369 g/mol. The van der Waals surface area contributed by atoms with Crippen molar-refractivity contribution in [3.05, 3.63) is 101 Å². The molecule has 2 aliphatic heterocycles. The highest BCUT2D eigenvalue weighted by Crippen LogP contribution is 2.41. The van der Waals surface area contributed by atoms with Crippen molar-refractivity contribution in [2.24, 2.45) is 5.73 Å². The van der Waals surface area contributed by atoms with E-state index in [9.17, 15) is 5.26 Å². The zero-order valence-corrected chi connectivity index (χ0v) is 15.9. The number of nitriles is 1. The van der Waals surface area contributed by atoms with E-state index in [1.54, 1.807) is 0 Å². The van der Waals surface area contributed by atoms with E-state index in [0.29, 0.717) is 5.57 Å². The maximum atomic E-state index is 9.79. The highest BCUT2D eigenvalue weighted by atomic mass is 16.5. The first-order valence-electron chi connectivity index (χ1n) is 9.55. The van der Waals surface area contributed by atoms with E-state index in [1.807, 2.05) is 48.5 Å². The van der Waals surface area contributed by atoms with Crippen molar-refractivity contribution in [1.29, 1.82) is 5.26 Å². The van der Waals surface area contributed by atoms with E-state index in [-0.39, 0.29) is 11.8 Å². The molecular formula is C24H23N3O. The number of rotatable bonds is 3. The van der Waals surface area contributed by atoms with Crippen LogP contribution < -0.4 is 5.73 Å². The number of allylic oxidation sites excluding steroid dienone is 2. The second-order valence-electron chi connectivity index (χ2n) is 7.06. The minimum Gasteiger partial charge on any atom is -0.440 e. The lowest BCUT2D eigenvalue weighted by atomic mass is 9.83. The molecule has 0 amide bonds. The summed E-state index contributed by atoms with van der Waals surface area (Å²) >= 11 is 0. The van der Waals surface area contributed by atoms with E-state index in [0.717, 1.165) is 36.5 Å². The molecule has 28 heavy (non-hydrogen) atoms. The van der Waals surface area contributed by atoms with Crippen molar-refractivity contribution in [1.82, 2.24) is 4.90 Å². The smallest absolute Gasteiger partial charge is 0.205 e. The molecule has 4 heteroatoms. The van der Waals surface area contributed by atoms with Gasteiger partial charge in [0.2, 0.25) is 5.88 Å². The summed E-state index contributed by atoms with van der Waals surface area (Å²) in [6, 6.07) is 22.7. The molecule has 2 aromatic carbocycles. The first-order valence-corrected chi connectivity index (χ1v) is 9.55. The molecule has 140 valence electrons. The van der Waals surface area contributed by atoms with Crippen LogP contribution in [-0.2, 0) is 4.74 Å². The first-order chi connectivity index (χ1) is 13.7. The van der Waals surface area contributed by atoms with Gasteiger partial charge in [-0.2, -0.15) is 5.26 Å². The highest BCUT2D eigenvalue weighted by molar-refractivity contribution is 5.71. The third-order valence-corrected chi connectivity index (χ3v) is 5.38. The molecule has 2 aliphatic rings. The number of nitrogens with zero attached hydrogens (tertiary/aromatic N) is 2. The van der Waals surface area contributed by atoms with E-state index in [4.69, 9.17) is 10.5 Å². The SMILES string of the molecule is CCN1CC(c2ccccc2)=CC2=C(C1)C(c1ccccc1)C(C#N)=C(N)O2. The molecule has 0 fully saturated rings. The van der Waals surface area contributed by atoms with Crippen LogP contribution in [0.2, 0.25) is 0 Å². The highest BCUT2D eigenvalue weighted by Gasteiger charge is 2.34. The predicted octanol–water partition coefficient (Wildman–Crippen LogP) is 4.17. The molecule has 4 nitrogen and oxygen atoms in total. The van der Waals surface area contributed by atoms with Gasteiger partial charge in [0.25, 0.3) is 0 Å². The Hall–Kier alpha value is -3.29. The summed E-state index contributed by atoms with van der Waals surface area (Å²) in [4.78, 5) is 2.37. The Morgan fingerprint density at radius 2 is 1.75 bits per heavy atom. The maximum Gasteiger partial charge on any atom is 0.205 e. The Labute approximate surface area is 165 Å². The molecule has 2 aromatic rings. The van der Waals surface area contributed by atoms with Crippen molar-refractivity contribution in [2.75, 3.05) is 19.6 Å². The molecule has 1 unspecified atom stereocenters. The molecule has 0 bridgehead atoms. The Kier molecular flexibility index (Phi) is 5.01. The van der Waals surface area contributed by atoms with E-state index < -0.39 is 0 Å². The number of likely N-dealkylation sites (N-methyl/N-ethyl adjacent to an activating group) is 1. The Morgan fingerprint density at radius 3 is 2.39 bits per heavy atom. The fourth-order valence-electron chi connectivity index (χ4n) is 3.91. The lowest BCUT2D eigenvalue weighted by Crippen LogP contribution is -2.30. The van der Waals surface area contributed by atoms with Gasteiger partial charge in [0.05, 0.1) is 5.92 Å². The van der Waals surface area contributed by atoms with E-state index in [2.05, 4.69) is 36.1 Å². The van der Waals surface area contributed by atoms with E-state index >= 15 is 0 Å². The third kappa shape index (κ3) is 3.33. The molecule has 2 heterocycles. The molecule has 0 aromatic heterocycles. The van der Waals surface area contributed by atoms with Gasteiger partial charge in [-0.05, 0) is 34.9 Å². The number of hydrogen-bond donors (Lipinski definition) is 1. The summed E-state index contributed by atoms with van der Waals surface area (Å²) in [5.74, 6) is 0.777. The lowest BCUT2D eigenvalue weighted by Gasteiger charge is -2.30. The van der Waals surface area contributed by atoms with Gasteiger partial charge in [-0.25, -0.2) is 0 Å². The summed E-state index contributed by atoms with van der Waals surface area (Å²) < 4.78 is 5.98. The fraction of sp³-hybridized carbons (Fsp3) is 0.208. The van der Waals surface area contributed by atoms with Gasteiger partial charge in [-0.15, -0.1) is 0 Å². The van der Waals surface area contributed by atoms with Crippen LogP contribution >= 0.6 is 0 Å². The van der Waals surface area contributed by atoms with Crippen molar-refractivity contribution >= 4 is 5.57 Å². The Morgan fingerprint density at radius 1 is 1.07 bits per heavy atom. The molecule has 0 saturated carbocycles. The van der Waals surface area contributed by atoms with Crippen LogP contribution in [-0.4, -0.2) is 24.5 Å². The van der Waals surface area contributed by atoms with Crippen molar-refractivity contribution in [3.63, 3.8) is 0 Å². The number of benzene rings is 2. The van der Waals surface area contributed by atoms with Crippen LogP contribution in [0.4, 0.5) is 0 Å². The molecular weight excluding hydrogens is 346 g/mol. The third-order valence-electron chi connectivity index (χ3n) is 5.38. The number of ether oxygens (including phenoxy) is 1. The average Bonchev–Trinajstić information content (AvgIpc) is 2.93. The average molecular weight is 369 g/mol. The normalized spacial score (nSPS) is 20.0. The summed E-state index contributed by atoms with van der Waals surface area (Å²) in [6.07, 6.45) is 2.09. The summed E-state index contributed by atoms with van der Waals surface area (Å²) in [6.45, 7) is 4.62. The van der Waals surface area contributed by atoms with Crippen LogP contribution in [0.15, 0.2) is 89.5 Å². The van der Waals surface area contributed by atoms with Crippen LogP contribution in [0.3, 0.4) is 0 Å². The molecule has 0 aliphatic carbocycles. The summed E-state index contributed by atoms with van der Waals surface area (Å²) in [5.41, 5.74) is 11.2. The first kappa shape index (κ1) is 18.1. The maximum absolute atomic E-state index is 9.79. The fourth-order valence-corrected chi connectivity index (χ4v) is 3.91. The summed E-state index contributed by atoms with van der Waals surface area (Å²) in [7, 11) is 0. The van der Waals surface area contributed by atoms with Gasteiger partial charge >= 0.3 is 0 Å². The number of hydrogen-bond acceptors (Lipinski definition) is 4. The molecule has 0 radical (unpaired) electrons. The molecule has 4 rings (SSSR count). The topological polar surface area (TPSA) is 62.3 Å². The second kappa shape index (κ2) is 7.75. The number of nitrogens with two attached hydrogens (primary N) is 1. The van der Waals surface area contributed by atoms with Crippen molar-refractivity contribution < 1.29 is 4.74 Å². The van der Waals surface area contributed by atoms with Crippen LogP contribution in [0.25, 0.3) is 5.57 Å². The van der Waals surface area contributed by atoms with E-state index in [1.165, 1.54) is 11.1 Å². The van der Waals surface area contributed by atoms with Crippen molar-refractivity contribution in [2.45, 2.75) is 12.8 Å². The molecule has 0 saturated heterocycles. The van der Waals surface area contributed by atoms with Crippen LogP contribution in [0.1, 0.15) is 24.0 Å². The lowest BCUT2D eigenvalue weighted by molar-refractivity contribution is 0.281. The van der Waals surface area contributed by atoms with Gasteiger partial charge in [-0.1, -0.05) is 67.6 Å². The predicted molar refractivity (Wildman–Crippen MR) is 111 cm³/mol. The molecule has 2 N–H and O–H groups in total. The molecule has 1 atom stereocenters. The largest absolute Gasteiger partial charge is 0.440 e. The van der Waals surface area contributed by atoms with Gasteiger partial charge in [0.15, 0.2) is 0 Å². The van der Waals surface area contributed by atoms with Gasteiger partial charge in [0, 0.05) is 13.1 Å².